The van der Waals surface area contributed by atoms with E-state index in [4.69, 9.17) is 13.9 Å². The normalized spacial score (nSPS) is 13.9. The fourth-order valence-electron chi connectivity index (χ4n) is 2.86. The van der Waals surface area contributed by atoms with E-state index in [1.807, 2.05) is 6.92 Å². The lowest BCUT2D eigenvalue weighted by Gasteiger charge is -2.22. The molecule has 0 fully saturated rings. The molecule has 1 heterocycles. The van der Waals surface area contributed by atoms with Gasteiger partial charge in [-0.1, -0.05) is 6.92 Å². The molecule has 6 nitrogen and oxygen atoms in total. The van der Waals surface area contributed by atoms with Crippen molar-refractivity contribution in [3.8, 4) is 11.5 Å². The fourth-order valence-corrected chi connectivity index (χ4v) is 2.86. The molecule has 0 aliphatic heterocycles. The maximum atomic E-state index is 12.3. The van der Waals surface area contributed by atoms with Crippen LogP contribution in [-0.2, 0) is 4.74 Å². The Morgan fingerprint density at radius 1 is 1.12 bits per heavy atom. The number of aliphatic hydroxyl groups is 1. The van der Waals surface area contributed by atoms with Crippen molar-refractivity contribution >= 4 is 21.7 Å². The van der Waals surface area contributed by atoms with Crippen LogP contribution in [0.5, 0.6) is 11.5 Å². The molecule has 0 radical (unpaired) electrons. The second-order valence-electron chi connectivity index (χ2n) is 5.86. The molecule has 0 spiro atoms. The zero-order chi connectivity index (χ0) is 18.0. The van der Waals surface area contributed by atoms with Gasteiger partial charge in [-0.25, -0.2) is 4.79 Å². The SMILES string of the molecule is CCC(Oc1ccc2c(c1)c(=O)oc1cc(O)ccc12)C(O)COC. The molecule has 6 heteroatoms. The molecule has 132 valence electrons. The van der Waals surface area contributed by atoms with Crippen LogP contribution >= 0.6 is 0 Å². The van der Waals surface area contributed by atoms with Crippen LogP contribution in [0.15, 0.2) is 45.6 Å². The molecular formula is C19H20O6. The largest absolute Gasteiger partial charge is 0.508 e. The van der Waals surface area contributed by atoms with Gasteiger partial charge in [0.05, 0.1) is 12.0 Å². The van der Waals surface area contributed by atoms with E-state index in [0.717, 1.165) is 5.39 Å². The van der Waals surface area contributed by atoms with Crippen LogP contribution in [-0.4, -0.2) is 36.1 Å². The molecule has 0 saturated carbocycles. The summed E-state index contributed by atoms with van der Waals surface area (Å²) in [6.45, 7) is 2.07. The monoisotopic (exact) mass is 344 g/mol. The van der Waals surface area contributed by atoms with E-state index in [-0.39, 0.29) is 12.4 Å². The molecule has 3 rings (SSSR count). The lowest BCUT2D eigenvalue weighted by molar-refractivity contribution is -0.0153. The van der Waals surface area contributed by atoms with Gasteiger partial charge < -0.3 is 24.1 Å². The third kappa shape index (κ3) is 3.45. The molecule has 2 unspecified atom stereocenters. The lowest BCUT2D eigenvalue weighted by atomic mass is 10.1. The number of methoxy groups -OCH3 is 1. The molecule has 0 saturated heterocycles. The van der Waals surface area contributed by atoms with Crippen molar-refractivity contribution in [1.29, 1.82) is 0 Å². The van der Waals surface area contributed by atoms with Gasteiger partial charge in [0.1, 0.15) is 29.3 Å². The number of fused-ring (bicyclic) bond motifs is 3. The summed E-state index contributed by atoms with van der Waals surface area (Å²) >= 11 is 0. The van der Waals surface area contributed by atoms with Gasteiger partial charge in [-0.15, -0.1) is 0 Å². The van der Waals surface area contributed by atoms with Crippen LogP contribution in [0.4, 0.5) is 0 Å². The van der Waals surface area contributed by atoms with Crippen LogP contribution in [0.1, 0.15) is 13.3 Å². The molecule has 0 aliphatic rings. The van der Waals surface area contributed by atoms with Crippen molar-refractivity contribution < 1.29 is 24.1 Å². The number of hydrogen-bond acceptors (Lipinski definition) is 6. The van der Waals surface area contributed by atoms with Crippen molar-refractivity contribution in [2.45, 2.75) is 25.6 Å². The first-order valence-corrected chi connectivity index (χ1v) is 8.06. The Morgan fingerprint density at radius 2 is 1.88 bits per heavy atom. The minimum absolute atomic E-state index is 0.0351. The second-order valence-corrected chi connectivity index (χ2v) is 5.86. The van der Waals surface area contributed by atoms with Crippen molar-refractivity contribution in [3.05, 3.63) is 46.8 Å². The summed E-state index contributed by atoms with van der Waals surface area (Å²) in [5, 5.41) is 21.4. The number of ether oxygens (including phenoxy) is 2. The van der Waals surface area contributed by atoms with E-state index in [9.17, 15) is 15.0 Å². The van der Waals surface area contributed by atoms with Crippen molar-refractivity contribution in [1.82, 2.24) is 0 Å². The van der Waals surface area contributed by atoms with Crippen LogP contribution in [0.25, 0.3) is 21.7 Å². The standard InChI is InChI=1S/C19H20O6/c1-3-17(16(21)10-23-2)24-12-5-7-13-14-6-4-11(20)8-18(14)25-19(22)15(13)9-12/h4-9,16-17,20-21H,3,10H2,1-2H3. The first kappa shape index (κ1) is 17.3. The van der Waals surface area contributed by atoms with Gasteiger partial charge >= 0.3 is 5.63 Å². The van der Waals surface area contributed by atoms with E-state index in [2.05, 4.69) is 0 Å². The highest BCUT2D eigenvalue weighted by atomic mass is 16.5. The molecule has 0 aliphatic carbocycles. The molecule has 1 aromatic heterocycles. The molecular weight excluding hydrogens is 324 g/mol. The Labute approximate surface area is 144 Å². The smallest absolute Gasteiger partial charge is 0.344 e. The summed E-state index contributed by atoms with van der Waals surface area (Å²) in [5.74, 6) is 0.507. The van der Waals surface area contributed by atoms with Crippen LogP contribution in [0.3, 0.4) is 0 Å². The highest BCUT2D eigenvalue weighted by Gasteiger charge is 2.19. The predicted molar refractivity (Wildman–Crippen MR) is 94.2 cm³/mol. The molecule has 0 amide bonds. The Kier molecular flexibility index (Phi) is 4.92. The van der Waals surface area contributed by atoms with E-state index >= 15 is 0 Å². The summed E-state index contributed by atoms with van der Waals surface area (Å²) < 4.78 is 16.1. The third-order valence-electron chi connectivity index (χ3n) is 4.13. The summed E-state index contributed by atoms with van der Waals surface area (Å²) in [7, 11) is 1.51. The maximum Gasteiger partial charge on any atom is 0.344 e. The zero-order valence-corrected chi connectivity index (χ0v) is 14.1. The first-order valence-electron chi connectivity index (χ1n) is 8.06. The Hall–Kier alpha value is -2.57. The van der Waals surface area contributed by atoms with Crippen molar-refractivity contribution in [3.63, 3.8) is 0 Å². The van der Waals surface area contributed by atoms with Gasteiger partial charge in [-0.2, -0.15) is 0 Å². The Balaban J connectivity index is 2.02. The van der Waals surface area contributed by atoms with Crippen molar-refractivity contribution in [2.75, 3.05) is 13.7 Å². The first-order chi connectivity index (χ1) is 12.0. The van der Waals surface area contributed by atoms with Crippen molar-refractivity contribution in [2.24, 2.45) is 0 Å². The van der Waals surface area contributed by atoms with Gasteiger partial charge in [0.2, 0.25) is 0 Å². The van der Waals surface area contributed by atoms with Crippen LogP contribution in [0.2, 0.25) is 0 Å². The fraction of sp³-hybridized carbons (Fsp3) is 0.316. The Bertz CT molecular complexity index is 946. The highest BCUT2D eigenvalue weighted by molar-refractivity contribution is 6.04. The van der Waals surface area contributed by atoms with Gasteiger partial charge in [0, 0.05) is 23.9 Å². The second kappa shape index (κ2) is 7.13. The van der Waals surface area contributed by atoms with E-state index < -0.39 is 17.8 Å². The van der Waals surface area contributed by atoms with E-state index in [0.29, 0.717) is 28.5 Å². The van der Waals surface area contributed by atoms with Gasteiger partial charge in [-0.05, 0) is 36.8 Å². The van der Waals surface area contributed by atoms with Gasteiger partial charge in [0.15, 0.2) is 0 Å². The van der Waals surface area contributed by atoms with Gasteiger partial charge in [0.25, 0.3) is 0 Å². The number of aliphatic hydroxyl groups excluding tert-OH is 1. The number of hydrogen-bond donors (Lipinski definition) is 2. The molecule has 2 atom stereocenters. The minimum Gasteiger partial charge on any atom is -0.508 e. The number of phenols is 1. The predicted octanol–water partition coefficient (Wildman–Crippen LogP) is 2.82. The lowest BCUT2D eigenvalue weighted by Crippen LogP contribution is -2.34. The highest BCUT2D eigenvalue weighted by Crippen LogP contribution is 2.28. The average molecular weight is 344 g/mol. The minimum atomic E-state index is -0.762. The third-order valence-corrected chi connectivity index (χ3v) is 4.13. The maximum absolute atomic E-state index is 12.3. The zero-order valence-electron chi connectivity index (χ0n) is 14.1. The molecule has 25 heavy (non-hydrogen) atoms. The van der Waals surface area contributed by atoms with E-state index in [1.54, 1.807) is 30.3 Å². The quantitative estimate of drug-likeness (QED) is 0.528. The molecule has 2 N–H and O–H groups in total. The summed E-state index contributed by atoms with van der Waals surface area (Å²) in [6, 6.07) is 9.78. The topological polar surface area (TPSA) is 89.1 Å². The molecule has 2 aromatic carbocycles. The summed E-state index contributed by atoms with van der Waals surface area (Å²) in [5.41, 5.74) is -0.183. The summed E-state index contributed by atoms with van der Waals surface area (Å²) in [4.78, 5) is 12.3. The van der Waals surface area contributed by atoms with Crippen LogP contribution < -0.4 is 10.4 Å². The number of rotatable bonds is 6. The summed E-state index contributed by atoms with van der Waals surface area (Å²) in [6.07, 6.45) is -0.614. The van der Waals surface area contributed by atoms with E-state index in [1.165, 1.54) is 13.2 Å². The molecule has 0 bridgehead atoms. The molecule has 3 aromatic rings. The van der Waals surface area contributed by atoms with Gasteiger partial charge in [-0.3, -0.25) is 0 Å². The number of benzene rings is 2. The number of aromatic hydroxyl groups is 1. The Morgan fingerprint density at radius 3 is 2.60 bits per heavy atom. The number of phenolic OH excluding ortho intramolecular Hbond substituents is 1. The average Bonchev–Trinajstić information content (AvgIpc) is 2.59. The van der Waals surface area contributed by atoms with Crippen LogP contribution in [0, 0.1) is 0 Å².